The van der Waals surface area contributed by atoms with Crippen molar-refractivity contribution in [2.24, 2.45) is 5.41 Å². The summed E-state index contributed by atoms with van der Waals surface area (Å²) in [6.07, 6.45) is 4.90. The zero-order chi connectivity index (χ0) is 25.2. The number of amides is 1. The predicted octanol–water partition coefficient (Wildman–Crippen LogP) is 5.96. The van der Waals surface area contributed by atoms with Crippen LogP contribution >= 0.6 is 23.2 Å². The van der Waals surface area contributed by atoms with E-state index >= 15 is 0 Å². The van der Waals surface area contributed by atoms with Crippen LogP contribution in [0, 0.1) is 11.2 Å². The minimum atomic E-state index is -1.30. The van der Waals surface area contributed by atoms with Crippen molar-refractivity contribution in [3.8, 4) is 0 Å². The van der Waals surface area contributed by atoms with E-state index in [9.17, 15) is 24.2 Å². The van der Waals surface area contributed by atoms with Gasteiger partial charge < -0.3 is 20.3 Å². The summed E-state index contributed by atoms with van der Waals surface area (Å²) in [7, 11) is 0. The summed E-state index contributed by atoms with van der Waals surface area (Å²) in [4.78, 5) is 23.9. The van der Waals surface area contributed by atoms with Gasteiger partial charge in [-0.3, -0.25) is 5.32 Å². The summed E-state index contributed by atoms with van der Waals surface area (Å²) in [5.74, 6) is -1.53. The number of benzene rings is 2. The molecule has 1 aliphatic carbocycles. The van der Waals surface area contributed by atoms with E-state index in [2.05, 4.69) is 10.6 Å². The van der Waals surface area contributed by atoms with Gasteiger partial charge in [-0.2, -0.15) is 0 Å². The highest BCUT2D eigenvalue weighted by atomic mass is 35.5. The van der Waals surface area contributed by atoms with Gasteiger partial charge in [-0.05, 0) is 66.5 Å². The molecule has 9 heteroatoms. The van der Waals surface area contributed by atoms with E-state index in [0.717, 1.165) is 37.5 Å². The average Bonchev–Trinajstić information content (AvgIpc) is 3.41. The van der Waals surface area contributed by atoms with Crippen LogP contribution in [0.15, 0.2) is 36.4 Å². The lowest BCUT2D eigenvalue weighted by molar-refractivity contribution is -0.109. The summed E-state index contributed by atoms with van der Waals surface area (Å²) < 4.78 is 14.8. The van der Waals surface area contributed by atoms with Gasteiger partial charge in [0, 0.05) is 35.2 Å². The first kappa shape index (κ1) is 25.9. The molecule has 35 heavy (non-hydrogen) atoms. The quantitative estimate of drug-likeness (QED) is 0.320. The Bertz CT molecular complexity index is 1090. The normalized spacial score (nSPS) is 25.5. The average molecular weight is 523 g/mol. The predicted molar refractivity (Wildman–Crippen MR) is 134 cm³/mol. The van der Waals surface area contributed by atoms with Gasteiger partial charge in [-0.1, -0.05) is 48.2 Å². The Morgan fingerprint density at radius 1 is 1.20 bits per heavy atom. The topological polar surface area (TPSA) is 98.7 Å². The van der Waals surface area contributed by atoms with E-state index in [1.165, 1.54) is 12.1 Å². The molecule has 2 aliphatic rings. The Morgan fingerprint density at radius 3 is 2.57 bits per heavy atom. The van der Waals surface area contributed by atoms with Gasteiger partial charge in [0.15, 0.2) is 0 Å². The van der Waals surface area contributed by atoms with Crippen molar-refractivity contribution in [2.75, 3.05) is 11.9 Å². The molecule has 4 N–H and O–H groups in total. The molecule has 2 aromatic carbocycles. The van der Waals surface area contributed by atoms with Gasteiger partial charge in [-0.15, -0.1) is 0 Å². The first-order valence-electron chi connectivity index (χ1n) is 11.8. The molecule has 1 saturated carbocycles. The molecular weight excluding hydrogens is 494 g/mol. The molecule has 1 heterocycles. The van der Waals surface area contributed by atoms with Crippen LogP contribution in [0.1, 0.15) is 61.5 Å². The van der Waals surface area contributed by atoms with E-state index in [1.54, 1.807) is 18.2 Å². The van der Waals surface area contributed by atoms with Crippen LogP contribution in [0.2, 0.25) is 10.0 Å². The van der Waals surface area contributed by atoms with E-state index in [4.69, 9.17) is 23.2 Å². The summed E-state index contributed by atoms with van der Waals surface area (Å²) in [5.41, 5.74) is 1.31. The number of hydrogen-bond donors (Lipinski definition) is 4. The number of aldehydes is 1. The lowest BCUT2D eigenvalue weighted by atomic mass is 9.70. The fourth-order valence-corrected chi connectivity index (χ4v) is 6.59. The molecule has 6 nitrogen and oxygen atoms in total. The lowest BCUT2D eigenvalue weighted by Gasteiger charge is -2.35. The van der Waals surface area contributed by atoms with Crippen molar-refractivity contribution < 1.29 is 24.2 Å². The number of hydrogen-bond acceptors (Lipinski definition) is 4. The second-order valence-corrected chi connectivity index (χ2v) is 10.6. The van der Waals surface area contributed by atoms with Gasteiger partial charge in [0.1, 0.15) is 12.1 Å². The summed E-state index contributed by atoms with van der Waals surface area (Å²) in [6, 6.07) is 8.89. The fourth-order valence-electron chi connectivity index (χ4n) is 6.22. The third-order valence-corrected chi connectivity index (χ3v) is 8.17. The van der Waals surface area contributed by atoms with Crippen LogP contribution in [0.3, 0.4) is 0 Å². The van der Waals surface area contributed by atoms with Crippen molar-refractivity contribution in [1.82, 2.24) is 5.32 Å². The molecule has 4 atom stereocenters. The number of carbonyl (C=O) groups is 2. The second kappa shape index (κ2) is 10.8. The molecule has 0 spiro atoms. The van der Waals surface area contributed by atoms with Crippen LogP contribution in [-0.4, -0.2) is 41.3 Å². The molecule has 0 aromatic heterocycles. The van der Waals surface area contributed by atoms with E-state index < -0.39 is 29.8 Å². The Balaban J connectivity index is 1.86. The molecule has 1 saturated heterocycles. The number of aliphatic hydroxyl groups is 1. The molecule has 1 amide bonds. The first-order chi connectivity index (χ1) is 16.8. The maximum atomic E-state index is 14.8. The molecule has 2 fully saturated rings. The highest BCUT2D eigenvalue weighted by Crippen LogP contribution is 2.52. The highest BCUT2D eigenvalue weighted by molar-refractivity contribution is 6.31. The number of anilines is 1. The fraction of sp³-hybridized carbons (Fsp3) is 0.462. The number of carbonyl (C=O) groups excluding carboxylic acids is 1. The van der Waals surface area contributed by atoms with Crippen LogP contribution in [0.4, 0.5) is 14.9 Å². The number of halogens is 3. The SMILES string of the molecule is O=C[C@@H]1N[C@H](CC2(CCO)CCCC2)[C@@H](c2cc(F)c(Cl)cc2NC(=O)O)[C@H]1c1cccc(Cl)c1. The van der Waals surface area contributed by atoms with Crippen molar-refractivity contribution >= 4 is 41.3 Å². The summed E-state index contributed by atoms with van der Waals surface area (Å²) in [5, 5.41) is 25.4. The zero-order valence-corrected chi connectivity index (χ0v) is 20.7. The first-order valence-corrected chi connectivity index (χ1v) is 12.6. The van der Waals surface area contributed by atoms with Gasteiger partial charge in [0.05, 0.1) is 11.1 Å². The van der Waals surface area contributed by atoms with Gasteiger partial charge in [0.25, 0.3) is 0 Å². The van der Waals surface area contributed by atoms with Crippen molar-refractivity contribution in [2.45, 2.75) is 62.4 Å². The van der Waals surface area contributed by atoms with E-state index in [0.29, 0.717) is 23.4 Å². The van der Waals surface area contributed by atoms with Crippen LogP contribution in [0.5, 0.6) is 0 Å². The molecule has 0 radical (unpaired) electrons. The van der Waals surface area contributed by atoms with Gasteiger partial charge in [-0.25, -0.2) is 9.18 Å². The smallest absolute Gasteiger partial charge is 0.409 e. The minimum absolute atomic E-state index is 0.0631. The summed E-state index contributed by atoms with van der Waals surface area (Å²) in [6.45, 7) is 0.0631. The Kier molecular flexibility index (Phi) is 8.01. The number of carboxylic acid groups (broad SMARTS) is 1. The van der Waals surface area contributed by atoms with Crippen molar-refractivity contribution in [3.63, 3.8) is 0 Å². The number of rotatable bonds is 8. The Labute approximate surface area is 213 Å². The zero-order valence-electron chi connectivity index (χ0n) is 19.1. The third kappa shape index (κ3) is 5.48. The van der Waals surface area contributed by atoms with E-state index in [-0.39, 0.29) is 28.8 Å². The van der Waals surface area contributed by atoms with Gasteiger partial charge >= 0.3 is 6.09 Å². The molecule has 2 aromatic rings. The number of nitrogens with one attached hydrogen (secondary N) is 2. The molecule has 0 bridgehead atoms. The summed E-state index contributed by atoms with van der Waals surface area (Å²) >= 11 is 12.3. The Morgan fingerprint density at radius 2 is 1.94 bits per heavy atom. The minimum Gasteiger partial charge on any atom is -0.465 e. The number of aliphatic hydroxyl groups excluding tert-OH is 1. The van der Waals surface area contributed by atoms with Crippen LogP contribution in [-0.2, 0) is 4.79 Å². The molecule has 4 rings (SSSR count). The van der Waals surface area contributed by atoms with Crippen LogP contribution < -0.4 is 10.6 Å². The Hall–Kier alpha value is -2.19. The maximum Gasteiger partial charge on any atom is 0.409 e. The highest BCUT2D eigenvalue weighted by Gasteiger charge is 2.48. The molecule has 0 unspecified atom stereocenters. The third-order valence-electron chi connectivity index (χ3n) is 7.65. The monoisotopic (exact) mass is 522 g/mol. The molecule has 1 aliphatic heterocycles. The van der Waals surface area contributed by atoms with Crippen LogP contribution in [0.25, 0.3) is 0 Å². The second-order valence-electron chi connectivity index (χ2n) is 9.71. The maximum absolute atomic E-state index is 14.8. The van der Waals surface area contributed by atoms with Gasteiger partial charge in [0.2, 0.25) is 0 Å². The lowest BCUT2D eigenvalue weighted by Crippen LogP contribution is -2.37. The van der Waals surface area contributed by atoms with E-state index in [1.807, 2.05) is 6.07 Å². The van der Waals surface area contributed by atoms with Crippen molar-refractivity contribution in [3.05, 3.63) is 63.4 Å². The standard InChI is InChI=1S/C26H29Cl2FN2O4/c27-16-5-3-4-15(10-16)23-22(14-33)30-21(13-26(8-9-32)6-1-2-7-26)24(23)17-11-19(29)18(28)12-20(17)31-25(34)35/h3-5,10-12,14,21-24,30-32H,1-2,6-9,13H2,(H,34,35)/t21-,22+,23+,24-/m1/s1. The molecule has 188 valence electrons. The largest absolute Gasteiger partial charge is 0.465 e. The molecular formula is C26H29Cl2FN2O4. The van der Waals surface area contributed by atoms with Crippen molar-refractivity contribution in [1.29, 1.82) is 0 Å².